The fraction of sp³-hybridized carbons (Fsp3) is 0.0938. The van der Waals surface area contributed by atoms with E-state index in [-0.39, 0.29) is 5.41 Å². The van der Waals surface area contributed by atoms with Crippen LogP contribution in [0.1, 0.15) is 41.7 Å². The van der Waals surface area contributed by atoms with Gasteiger partial charge in [-0.25, -0.2) is 0 Å². The maximum absolute atomic E-state index is 2.51. The molecule has 1 aromatic heterocycles. The summed E-state index contributed by atoms with van der Waals surface area (Å²) < 4.78 is 0. The van der Waals surface area contributed by atoms with E-state index in [1.165, 1.54) is 104 Å². The SMILES string of the molecule is Cc1cccc(N(c2ccc(-c3ccccc3C)c(C)c2)c2ccc3c(c2)C(C)(C)c2cc(N(c4ccc(-c5ccccc5)cc4)c4ccc5c(c4)[pH]c4ccccc45)c4ccccc4c2-3)c1. The van der Waals surface area contributed by atoms with Crippen LogP contribution < -0.4 is 9.80 Å². The van der Waals surface area contributed by atoms with Gasteiger partial charge in [0.1, 0.15) is 0 Å². The zero-order valence-electron chi connectivity index (χ0n) is 38.6. The van der Waals surface area contributed by atoms with E-state index in [0.717, 1.165) is 22.7 Å². The maximum Gasteiger partial charge on any atom is 0.0543 e. The van der Waals surface area contributed by atoms with Crippen LogP contribution in [0.2, 0.25) is 0 Å². The normalized spacial score (nSPS) is 12.8. The summed E-state index contributed by atoms with van der Waals surface area (Å²) in [5.74, 6) is 0. The first-order chi connectivity index (χ1) is 32.7. The van der Waals surface area contributed by atoms with Crippen LogP contribution >= 0.6 is 8.19 Å². The van der Waals surface area contributed by atoms with Crippen LogP contribution in [0.3, 0.4) is 0 Å². The first kappa shape index (κ1) is 40.8. The highest BCUT2D eigenvalue weighted by Gasteiger charge is 2.38. The summed E-state index contributed by atoms with van der Waals surface area (Å²) in [6, 6.07) is 79.2. The summed E-state index contributed by atoms with van der Waals surface area (Å²) in [4.78, 5) is 4.95. The van der Waals surface area contributed by atoms with Crippen LogP contribution in [0.15, 0.2) is 212 Å². The molecule has 1 unspecified atom stereocenters. The van der Waals surface area contributed by atoms with Gasteiger partial charge in [0.2, 0.25) is 0 Å². The molecule has 0 N–H and O–H groups in total. The fourth-order valence-corrected chi connectivity index (χ4v) is 12.3. The molecule has 1 aliphatic carbocycles. The molecule has 2 nitrogen and oxygen atoms in total. The number of fused-ring (bicyclic) bond motifs is 8. The molecule has 0 amide bonds. The Kier molecular flexibility index (Phi) is 9.79. The standard InChI is InChI=1S/C64H51N2P/c1-41-16-15-20-47(36-41)65(48-30-33-52(43(3)37-48)51-21-10-9-17-42(51)2)49-32-35-57-58(38-49)64(4,5)59-40-60(53-22-11-12-24-56(53)63(57)59)66(46-28-26-45(27-29-46)44-18-7-6-8-19-44)50-31-34-55-54-23-13-14-25-61(54)67-62(55)39-50/h6-40,67H,1-5H3. The lowest BCUT2D eigenvalue weighted by molar-refractivity contribution is 0.661. The lowest BCUT2D eigenvalue weighted by Crippen LogP contribution is -2.18. The number of aryl methyl sites for hydroxylation is 3. The molecule has 0 fully saturated rings. The minimum absolute atomic E-state index is 0.299. The van der Waals surface area contributed by atoms with Crippen LogP contribution in [0, 0.1) is 20.8 Å². The predicted octanol–water partition coefficient (Wildman–Crippen LogP) is 18.7. The molecule has 0 bridgehead atoms. The highest BCUT2D eigenvalue weighted by Crippen LogP contribution is 2.56. The Bertz CT molecular complexity index is 3710. The van der Waals surface area contributed by atoms with Gasteiger partial charge < -0.3 is 9.80 Å². The summed E-state index contributed by atoms with van der Waals surface area (Å²) in [5, 5.41) is 8.03. The molecule has 67 heavy (non-hydrogen) atoms. The molecular weight excluding hydrogens is 828 g/mol. The van der Waals surface area contributed by atoms with Gasteiger partial charge in [-0.1, -0.05) is 159 Å². The van der Waals surface area contributed by atoms with Crippen molar-refractivity contribution in [3.8, 4) is 33.4 Å². The lowest BCUT2D eigenvalue weighted by Gasteiger charge is -2.30. The lowest BCUT2D eigenvalue weighted by atomic mass is 9.81. The number of anilines is 6. The minimum Gasteiger partial charge on any atom is -0.310 e. The second-order valence-corrected chi connectivity index (χ2v) is 20.2. The van der Waals surface area contributed by atoms with Gasteiger partial charge in [0.25, 0.3) is 0 Å². The van der Waals surface area contributed by atoms with E-state index in [9.17, 15) is 0 Å². The molecule has 0 saturated carbocycles. The topological polar surface area (TPSA) is 6.48 Å². The van der Waals surface area contributed by atoms with Gasteiger partial charge in [0.05, 0.1) is 5.69 Å². The van der Waals surface area contributed by atoms with Gasteiger partial charge >= 0.3 is 0 Å². The van der Waals surface area contributed by atoms with Crippen LogP contribution in [-0.2, 0) is 5.41 Å². The Hall–Kier alpha value is -7.64. The van der Waals surface area contributed by atoms with E-state index in [0.29, 0.717) is 8.19 Å². The van der Waals surface area contributed by atoms with Crippen molar-refractivity contribution in [2.45, 2.75) is 40.0 Å². The summed E-state index contributed by atoms with van der Waals surface area (Å²) in [6.07, 6.45) is 0. The largest absolute Gasteiger partial charge is 0.310 e. The predicted molar refractivity (Wildman–Crippen MR) is 290 cm³/mol. The van der Waals surface area contributed by atoms with Gasteiger partial charge in [-0.15, -0.1) is 8.19 Å². The van der Waals surface area contributed by atoms with Crippen LogP contribution in [0.25, 0.3) is 65.2 Å². The molecule has 12 rings (SSSR count). The molecule has 1 heterocycles. The number of rotatable bonds is 8. The zero-order valence-corrected chi connectivity index (χ0v) is 39.6. The third-order valence-corrected chi connectivity index (χ3v) is 15.7. The number of benzene rings is 10. The fourth-order valence-electron chi connectivity index (χ4n) is 10.9. The van der Waals surface area contributed by atoms with Gasteiger partial charge in [0, 0.05) is 44.4 Å². The van der Waals surface area contributed by atoms with Crippen molar-refractivity contribution >= 4 is 74.1 Å². The minimum atomic E-state index is -0.299. The number of hydrogen-bond acceptors (Lipinski definition) is 2. The van der Waals surface area contributed by atoms with E-state index < -0.39 is 0 Å². The van der Waals surface area contributed by atoms with E-state index in [1.807, 2.05) is 0 Å². The Morgan fingerprint density at radius 3 is 1.73 bits per heavy atom. The van der Waals surface area contributed by atoms with Crippen molar-refractivity contribution in [2.75, 3.05) is 9.80 Å². The molecule has 10 aromatic carbocycles. The summed E-state index contributed by atoms with van der Waals surface area (Å²) in [7, 11) is 0.625. The average molecular weight is 879 g/mol. The van der Waals surface area contributed by atoms with Gasteiger partial charge in [0.15, 0.2) is 0 Å². The third kappa shape index (κ3) is 6.86. The highest BCUT2D eigenvalue weighted by molar-refractivity contribution is 7.43. The molecule has 0 saturated heterocycles. The molecule has 1 aliphatic rings. The smallest absolute Gasteiger partial charge is 0.0543 e. The third-order valence-electron chi connectivity index (χ3n) is 14.3. The van der Waals surface area contributed by atoms with Crippen molar-refractivity contribution in [1.82, 2.24) is 0 Å². The quantitative estimate of drug-likeness (QED) is 0.150. The van der Waals surface area contributed by atoms with Gasteiger partial charge in [-0.3, -0.25) is 0 Å². The van der Waals surface area contributed by atoms with E-state index in [2.05, 4.69) is 257 Å². The van der Waals surface area contributed by atoms with Crippen molar-refractivity contribution in [1.29, 1.82) is 0 Å². The molecule has 0 spiro atoms. The monoisotopic (exact) mass is 878 g/mol. The van der Waals surface area contributed by atoms with E-state index >= 15 is 0 Å². The van der Waals surface area contributed by atoms with Crippen molar-refractivity contribution in [3.05, 3.63) is 240 Å². The van der Waals surface area contributed by atoms with Crippen LogP contribution in [-0.4, -0.2) is 0 Å². The molecule has 11 aromatic rings. The van der Waals surface area contributed by atoms with E-state index in [4.69, 9.17) is 0 Å². The molecule has 322 valence electrons. The molecular formula is C64H51N2P. The molecule has 1 atom stereocenters. The Balaban J connectivity index is 1.02. The van der Waals surface area contributed by atoms with E-state index in [1.54, 1.807) is 0 Å². The Morgan fingerprint density at radius 2 is 0.955 bits per heavy atom. The average Bonchev–Trinajstić information content (AvgIpc) is 3.83. The van der Waals surface area contributed by atoms with Crippen molar-refractivity contribution in [2.24, 2.45) is 0 Å². The van der Waals surface area contributed by atoms with Gasteiger partial charge in [-0.2, -0.15) is 0 Å². The number of nitrogens with zero attached hydrogens (tertiary/aromatic N) is 2. The zero-order chi connectivity index (χ0) is 45.4. The summed E-state index contributed by atoms with van der Waals surface area (Å²) >= 11 is 0. The second-order valence-electron chi connectivity index (χ2n) is 18.9. The molecule has 0 radical (unpaired) electrons. The van der Waals surface area contributed by atoms with Crippen LogP contribution in [0.4, 0.5) is 34.1 Å². The molecule has 0 aliphatic heterocycles. The maximum atomic E-state index is 2.51. The van der Waals surface area contributed by atoms with Crippen molar-refractivity contribution in [3.63, 3.8) is 0 Å². The van der Waals surface area contributed by atoms with Crippen molar-refractivity contribution < 1.29 is 0 Å². The van der Waals surface area contributed by atoms with Gasteiger partial charge in [-0.05, 0) is 170 Å². The second kappa shape index (κ2) is 16.1. The van der Waals surface area contributed by atoms with Crippen LogP contribution in [0.5, 0.6) is 0 Å². The highest BCUT2D eigenvalue weighted by atomic mass is 31.0. The Morgan fingerprint density at radius 1 is 0.358 bits per heavy atom. The first-order valence-electron chi connectivity index (χ1n) is 23.4. The summed E-state index contributed by atoms with van der Waals surface area (Å²) in [6.45, 7) is 11.5. The number of hydrogen-bond donors (Lipinski definition) is 0. The first-order valence-corrected chi connectivity index (χ1v) is 24.4. The Labute approximate surface area is 395 Å². The summed E-state index contributed by atoms with van der Waals surface area (Å²) in [5.41, 5.74) is 20.7. The molecule has 3 heteroatoms.